The van der Waals surface area contributed by atoms with Gasteiger partial charge in [0.1, 0.15) is 0 Å². The zero-order chi connectivity index (χ0) is 16.7. The molecule has 0 aliphatic carbocycles. The molecule has 0 spiro atoms. The molecule has 142 valence electrons. The van der Waals surface area contributed by atoms with Gasteiger partial charge in [-0.15, -0.1) is 0 Å². The lowest BCUT2D eigenvalue weighted by atomic mass is 10.0. The Morgan fingerprint density at radius 2 is 0.957 bits per heavy atom. The van der Waals surface area contributed by atoms with Gasteiger partial charge in [-0.3, -0.25) is 4.55 Å². The third kappa shape index (κ3) is 24.2. The second-order valence-corrected chi connectivity index (χ2v) is 8.64. The quantitative estimate of drug-likeness (QED) is 0.257. The molecule has 0 aromatic rings. The Balaban J connectivity index is 0. The fourth-order valence-corrected chi connectivity index (χ4v) is 3.35. The van der Waals surface area contributed by atoms with Gasteiger partial charge in [0.15, 0.2) is 0 Å². The van der Waals surface area contributed by atoms with Crippen LogP contribution in [0.25, 0.3) is 0 Å². The van der Waals surface area contributed by atoms with Gasteiger partial charge in [0, 0.05) is 0 Å². The average Bonchev–Trinajstić information content (AvgIpc) is 2.41. The van der Waals surface area contributed by atoms with Crippen LogP contribution in [0, 0.1) is 5.92 Å². The smallest absolute Gasteiger partial charge is 0.264 e. The molecule has 0 saturated carbocycles. The highest BCUT2D eigenvalue weighted by Gasteiger charge is 2.02. The molecule has 4 nitrogen and oxygen atoms in total. The summed E-state index contributed by atoms with van der Waals surface area (Å²) >= 11 is 0. The molecule has 0 fully saturated rings. The Bertz CT molecular complexity index is 329. The molecular weight excluding hydrogens is 310 g/mol. The van der Waals surface area contributed by atoms with E-state index in [4.69, 9.17) is 4.55 Å². The van der Waals surface area contributed by atoms with Crippen molar-refractivity contribution in [2.75, 3.05) is 5.75 Å². The normalized spacial score (nSPS) is 11.7. The van der Waals surface area contributed by atoms with Crippen LogP contribution in [0.4, 0.5) is 0 Å². The fourth-order valence-electron chi connectivity index (χ4n) is 2.78. The van der Waals surface area contributed by atoms with Crippen molar-refractivity contribution in [2.45, 2.75) is 104 Å². The molecule has 4 N–H and O–H groups in total. The van der Waals surface area contributed by atoms with Gasteiger partial charge >= 0.3 is 0 Å². The maximum atomic E-state index is 10.5. The van der Waals surface area contributed by atoms with Crippen molar-refractivity contribution in [3.05, 3.63) is 0 Å². The monoisotopic (exact) mass is 351 g/mol. The number of hydrogen-bond acceptors (Lipinski definition) is 3. The van der Waals surface area contributed by atoms with Crippen LogP contribution in [0.5, 0.6) is 0 Å². The molecule has 0 heterocycles. The van der Waals surface area contributed by atoms with Gasteiger partial charge in [0.05, 0.1) is 5.75 Å². The van der Waals surface area contributed by atoms with Crippen LogP contribution >= 0.6 is 0 Å². The summed E-state index contributed by atoms with van der Waals surface area (Å²) in [5, 5.41) is 0. The predicted molar refractivity (Wildman–Crippen MR) is 101 cm³/mol. The molecule has 0 aromatic heterocycles. The number of rotatable bonds is 16. The van der Waals surface area contributed by atoms with Gasteiger partial charge < -0.3 is 6.15 Å². The highest BCUT2D eigenvalue weighted by molar-refractivity contribution is 7.85. The maximum absolute atomic E-state index is 10.5. The summed E-state index contributed by atoms with van der Waals surface area (Å²) in [4.78, 5) is 0. The average molecular weight is 352 g/mol. The molecule has 5 heteroatoms. The van der Waals surface area contributed by atoms with E-state index in [0.717, 1.165) is 18.8 Å². The minimum absolute atomic E-state index is 0. The minimum Gasteiger partial charge on any atom is -0.344 e. The highest BCUT2D eigenvalue weighted by Crippen LogP contribution is 2.14. The largest absolute Gasteiger partial charge is 0.344 e. The number of hydrogen-bond donors (Lipinski definition) is 2. The van der Waals surface area contributed by atoms with E-state index in [-0.39, 0.29) is 11.9 Å². The Labute approximate surface area is 145 Å². The first-order valence-electron chi connectivity index (χ1n) is 9.37. The molecule has 0 rings (SSSR count). The van der Waals surface area contributed by atoms with Crippen molar-refractivity contribution in [2.24, 2.45) is 5.92 Å². The second kappa shape index (κ2) is 16.7. The van der Waals surface area contributed by atoms with Gasteiger partial charge in [-0.2, -0.15) is 8.42 Å². The zero-order valence-electron chi connectivity index (χ0n) is 15.6. The molecule has 0 atom stereocenters. The molecule has 0 saturated heterocycles. The molecule has 0 amide bonds. The van der Waals surface area contributed by atoms with Crippen LogP contribution in [0.1, 0.15) is 104 Å². The summed E-state index contributed by atoms with van der Waals surface area (Å²) in [6, 6.07) is 0. The van der Waals surface area contributed by atoms with Gasteiger partial charge in [0.2, 0.25) is 0 Å². The first-order valence-corrected chi connectivity index (χ1v) is 11.0. The Hall–Kier alpha value is -0.130. The summed E-state index contributed by atoms with van der Waals surface area (Å²) in [5.74, 6) is 0.775. The van der Waals surface area contributed by atoms with E-state index in [2.05, 4.69) is 13.8 Å². The zero-order valence-corrected chi connectivity index (χ0v) is 16.4. The summed E-state index contributed by atoms with van der Waals surface area (Å²) in [6.45, 7) is 4.60. The SMILES string of the molecule is CC(C)CCCCCCCCCCCCCCCS(=O)(=O)O.N. The number of unbranched alkanes of at least 4 members (excludes halogenated alkanes) is 12. The van der Waals surface area contributed by atoms with Crippen LogP contribution < -0.4 is 6.15 Å². The maximum Gasteiger partial charge on any atom is 0.264 e. The second-order valence-electron chi connectivity index (χ2n) is 7.06. The van der Waals surface area contributed by atoms with E-state index >= 15 is 0 Å². The molecule has 0 aliphatic heterocycles. The van der Waals surface area contributed by atoms with Crippen molar-refractivity contribution in [1.29, 1.82) is 0 Å². The summed E-state index contributed by atoms with van der Waals surface area (Å²) in [5.41, 5.74) is 0. The highest BCUT2D eigenvalue weighted by atomic mass is 32.2. The van der Waals surface area contributed by atoms with Gasteiger partial charge in [-0.05, 0) is 12.3 Å². The first-order chi connectivity index (χ1) is 10.4. The molecule has 0 aromatic carbocycles. The van der Waals surface area contributed by atoms with Crippen molar-refractivity contribution < 1.29 is 13.0 Å². The molecule has 0 aliphatic rings. The van der Waals surface area contributed by atoms with Crippen molar-refractivity contribution in [3.63, 3.8) is 0 Å². The fraction of sp³-hybridized carbons (Fsp3) is 1.00. The van der Waals surface area contributed by atoms with Crippen molar-refractivity contribution in [3.8, 4) is 0 Å². The molecular formula is C18H41NO3S. The minimum atomic E-state index is -3.74. The molecule has 23 heavy (non-hydrogen) atoms. The Morgan fingerprint density at radius 3 is 1.26 bits per heavy atom. The Morgan fingerprint density at radius 1 is 0.652 bits per heavy atom. The third-order valence-electron chi connectivity index (χ3n) is 4.18. The van der Waals surface area contributed by atoms with Crippen LogP contribution in [0.3, 0.4) is 0 Å². The summed E-state index contributed by atoms with van der Waals surface area (Å²) in [6.07, 6.45) is 17.4. The van der Waals surface area contributed by atoms with Crippen LogP contribution in [-0.4, -0.2) is 18.7 Å². The lowest BCUT2D eigenvalue weighted by Crippen LogP contribution is -2.03. The molecule has 0 bridgehead atoms. The van der Waals surface area contributed by atoms with Crippen LogP contribution in [0.15, 0.2) is 0 Å². The van der Waals surface area contributed by atoms with E-state index in [1.54, 1.807) is 0 Å². The van der Waals surface area contributed by atoms with E-state index in [1.807, 2.05) is 0 Å². The van der Waals surface area contributed by atoms with Gasteiger partial charge in [0.25, 0.3) is 10.1 Å². The summed E-state index contributed by atoms with van der Waals surface area (Å²) < 4.78 is 29.7. The lowest BCUT2D eigenvalue weighted by molar-refractivity contribution is 0.478. The van der Waals surface area contributed by atoms with Crippen molar-refractivity contribution >= 4 is 10.1 Å². The van der Waals surface area contributed by atoms with E-state index in [1.165, 1.54) is 70.6 Å². The molecule has 0 unspecified atom stereocenters. The van der Waals surface area contributed by atoms with Crippen molar-refractivity contribution in [1.82, 2.24) is 6.15 Å². The van der Waals surface area contributed by atoms with Crippen LogP contribution in [-0.2, 0) is 10.1 Å². The topological polar surface area (TPSA) is 89.4 Å². The summed E-state index contributed by atoms with van der Waals surface area (Å²) in [7, 11) is -3.74. The van der Waals surface area contributed by atoms with E-state index < -0.39 is 10.1 Å². The third-order valence-corrected chi connectivity index (χ3v) is 4.99. The lowest BCUT2D eigenvalue weighted by Gasteiger charge is -2.05. The standard InChI is InChI=1S/C18H38O3S.H3N/c1-18(2)16-14-12-10-8-6-4-3-5-7-9-11-13-15-17-22(19,20)21;/h18H,3-17H2,1-2H3,(H,19,20,21);1H3. The van der Waals surface area contributed by atoms with Crippen LogP contribution in [0.2, 0.25) is 0 Å². The predicted octanol–water partition coefficient (Wildman–Crippen LogP) is 6.15. The van der Waals surface area contributed by atoms with Gasteiger partial charge in [-0.1, -0.05) is 97.3 Å². The Kier molecular flexibility index (Phi) is 18.3. The van der Waals surface area contributed by atoms with Gasteiger partial charge in [-0.25, -0.2) is 0 Å². The first kappa shape index (κ1) is 25.1. The molecule has 0 radical (unpaired) electrons. The van der Waals surface area contributed by atoms with E-state index in [9.17, 15) is 8.42 Å². The van der Waals surface area contributed by atoms with E-state index in [0.29, 0.717) is 6.42 Å².